The van der Waals surface area contributed by atoms with E-state index in [9.17, 15) is 0 Å². The summed E-state index contributed by atoms with van der Waals surface area (Å²) in [6.07, 6.45) is 9.54. The van der Waals surface area contributed by atoms with Crippen molar-refractivity contribution in [1.82, 2.24) is 19.9 Å². The highest BCUT2D eigenvalue weighted by molar-refractivity contribution is 6.05. The van der Waals surface area contributed by atoms with Gasteiger partial charge in [-0.05, 0) is 85.6 Å². The molecule has 5 aromatic carbocycles. The molecule has 1 aliphatic carbocycles. The maximum absolute atomic E-state index is 4.97. The van der Waals surface area contributed by atoms with Crippen molar-refractivity contribution in [2.24, 2.45) is 0 Å². The van der Waals surface area contributed by atoms with Crippen LogP contribution in [0.25, 0.3) is 66.9 Å². The number of rotatable bonds is 6. The molecule has 4 heteroatoms. The molecular formula is C47H32N4. The molecule has 0 N–H and O–H groups in total. The highest BCUT2D eigenvalue weighted by Gasteiger charge is 2.26. The lowest BCUT2D eigenvalue weighted by atomic mass is 9.75. The number of fused-ring (bicyclic) bond motifs is 3. The highest BCUT2D eigenvalue weighted by atomic mass is 14.9. The molecule has 1 aliphatic rings. The summed E-state index contributed by atoms with van der Waals surface area (Å²) < 4.78 is 0. The summed E-state index contributed by atoms with van der Waals surface area (Å²) >= 11 is 0. The zero-order valence-corrected chi connectivity index (χ0v) is 27.8. The highest BCUT2D eigenvalue weighted by Crippen LogP contribution is 2.46. The molecule has 8 aromatic rings. The Kier molecular flexibility index (Phi) is 7.67. The summed E-state index contributed by atoms with van der Waals surface area (Å²) in [5, 5.41) is 2.48. The largest absolute Gasteiger partial charge is 0.265 e. The molecule has 0 saturated carbocycles. The SMILES string of the molecule is C=C1c2ccc3ccccc3c2C(c2ccc(-c3ccc(-c4nc(-c5ccncc5)cc(-c5ccncc5)n4)cc3)cc2)=CC1c1ccccc1. The normalized spacial score (nSPS) is 13.8. The van der Waals surface area contributed by atoms with Crippen LogP contribution < -0.4 is 0 Å². The fourth-order valence-electron chi connectivity index (χ4n) is 7.12. The van der Waals surface area contributed by atoms with Crippen LogP contribution in [0.1, 0.15) is 28.2 Å². The van der Waals surface area contributed by atoms with Crippen molar-refractivity contribution < 1.29 is 0 Å². The number of pyridine rings is 2. The van der Waals surface area contributed by atoms with E-state index < -0.39 is 0 Å². The third kappa shape index (κ3) is 5.73. The fourth-order valence-corrected chi connectivity index (χ4v) is 7.12. The molecule has 3 heterocycles. The van der Waals surface area contributed by atoms with Crippen LogP contribution in [0, 0.1) is 0 Å². The molecule has 0 saturated heterocycles. The summed E-state index contributed by atoms with van der Waals surface area (Å²) in [5.41, 5.74) is 14.2. The van der Waals surface area contributed by atoms with E-state index in [0.717, 1.165) is 44.8 Å². The van der Waals surface area contributed by atoms with Gasteiger partial charge in [-0.1, -0.05) is 128 Å². The first-order valence-corrected chi connectivity index (χ1v) is 17.1. The average molecular weight is 653 g/mol. The average Bonchev–Trinajstić information content (AvgIpc) is 3.22. The van der Waals surface area contributed by atoms with Gasteiger partial charge < -0.3 is 0 Å². The third-order valence-electron chi connectivity index (χ3n) is 9.76. The van der Waals surface area contributed by atoms with Crippen molar-refractivity contribution in [3.63, 3.8) is 0 Å². The zero-order valence-electron chi connectivity index (χ0n) is 27.8. The lowest BCUT2D eigenvalue weighted by molar-refractivity contribution is 1.09. The van der Waals surface area contributed by atoms with Gasteiger partial charge in [0.2, 0.25) is 0 Å². The number of allylic oxidation sites excluding steroid dienone is 2. The molecule has 51 heavy (non-hydrogen) atoms. The molecule has 9 rings (SSSR count). The number of nitrogens with zero attached hydrogens (tertiary/aromatic N) is 4. The van der Waals surface area contributed by atoms with Gasteiger partial charge in [0.1, 0.15) is 0 Å². The summed E-state index contributed by atoms with van der Waals surface area (Å²) in [6, 6.07) is 51.1. The smallest absolute Gasteiger partial charge is 0.160 e. The Morgan fingerprint density at radius 3 is 1.65 bits per heavy atom. The number of benzene rings is 5. The van der Waals surface area contributed by atoms with Crippen LogP contribution in [-0.4, -0.2) is 19.9 Å². The van der Waals surface area contributed by atoms with Crippen molar-refractivity contribution in [3.05, 3.63) is 205 Å². The predicted octanol–water partition coefficient (Wildman–Crippen LogP) is 11.3. The lowest BCUT2D eigenvalue weighted by Crippen LogP contribution is -2.09. The van der Waals surface area contributed by atoms with Crippen LogP contribution >= 0.6 is 0 Å². The van der Waals surface area contributed by atoms with E-state index in [4.69, 9.17) is 9.97 Å². The monoisotopic (exact) mass is 652 g/mol. The van der Waals surface area contributed by atoms with Gasteiger partial charge >= 0.3 is 0 Å². The number of hydrogen-bond donors (Lipinski definition) is 0. The van der Waals surface area contributed by atoms with Crippen molar-refractivity contribution in [2.75, 3.05) is 0 Å². The molecule has 4 nitrogen and oxygen atoms in total. The van der Waals surface area contributed by atoms with Gasteiger partial charge in [0.15, 0.2) is 5.82 Å². The maximum Gasteiger partial charge on any atom is 0.160 e. The molecule has 0 radical (unpaired) electrons. The molecular weight excluding hydrogens is 621 g/mol. The molecule has 0 aliphatic heterocycles. The minimum absolute atomic E-state index is 0.0976. The van der Waals surface area contributed by atoms with Gasteiger partial charge in [-0.15, -0.1) is 0 Å². The second-order valence-corrected chi connectivity index (χ2v) is 12.8. The van der Waals surface area contributed by atoms with Gasteiger partial charge in [0.25, 0.3) is 0 Å². The van der Waals surface area contributed by atoms with Crippen LogP contribution in [0.4, 0.5) is 0 Å². The van der Waals surface area contributed by atoms with Gasteiger partial charge in [-0.2, -0.15) is 0 Å². The predicted molar refractivity (Wildman–Crippen MR) is 209 cm³/mol. The third-order valence-corrected chi connectivity index (χ3v) is 9.76. The van der Waals surface area contributed by atoms with Crippen molar-refractivity contribution in [3.8, 4) is 45.0 Å². The summed E-state index contributed by atoms with van der Waals surface area (Å²) in [6.45, 7) is 4.61. The quantitative estimate of drug-likeness (QED) is 0.179. The molecule has 1 unspecified atom stereocenters. The molecule has 0 spiro atoms. The Morgan fingerprint density at radius 2 is 1.02 bits per heavy atom. The Morgan fingerprint density at radius 1 is 0.471 bits per heavy atom. The first-order valence-electron chi connectivity index (χ1n) is 17.1. The molecule has 0 fully saturated rings. The van der Waals surface area contributed by atoms with Crippen LogP contribution in [0.3, 0.4) is 0 Å². The zero-order chi connectivity index (χ0) is 34.1. The van der Waals surface area contributed by atoms with Gasteiger partial charge in [0.05, 0.1) is 11.4 Å². The van der Waals surface area contributed by atoms with Gasteiger partial charge in [0, 0.05) is 47.4 Å². The van der Waals surface area contributed by atoms with Crippen LogP contribution in [-0.2, 0) is 0 Å². The molecule has 0 amide bonds. The lowest BCUT2D eigenvalue weighted by Gasteiger charge is -2.28. The summed E-state index contributed by atoms with van der Waals surface area (Å²) in [7, 11) is 0. The Hall–Kier alpha value is -6.78. The molecule has 1 atom stereocenters. The van der Waals surface area contributed by atoms with Gasteiger partial charge in [-0.25, -0.2) is 9.97 Å². The first kappa shape index (κ1) is 30.3. The second kappa shape index (κ2) is 12.9. The Bertz CT molecular complexity index is 2500. The van der Waals surface area contributed by atoms with Crippen LogP contribution in [0.2, 0.25) is 0 Å². The van der Waals surface area contributed by atoms with E-state index in [1.54, 1.807) is 24.8 Å². The Labute approximate surface area is 297 Å². The molecule has 3 aromatic heterocycles. The Balaban J connectivity index is 1.07. The van der Waals surface area contributed by atoms with E-state index >= 15 is 0 Å². The number of aromatic nitrogens is 4. The van der Waals surface area contributed by atoms with E-state index in [1.165, 1.54) is 38.6 Å². The van der Waals surface area contributed by atoms with Crippen molar-refractivity contribution in [1.29, 1.82) is 0 Å². The minimum Gasteiger partial charge on any atom is -0.265 e. The maximum atomic E-state index is 4.97. The van der Waals surface area contributed by atoms with Gasteiger partial charge in [-0.3, -0.25) is 9.97 Å². The van der Waals surface area contributed by atoms with Crippen LogP contribution in [0.15, 0.2) is 183 Å². The van der Waals surface area contributed by atoms with E-state index in [2.05, 4.69) is 138 Å². The standard InChI is InChI=1S/C47H32N4/c1-31-40-20-19-35-9-5-6-10-41(35)46(40)43(29-42(31)34-7-3-2-4-8-34)36-15-11-32(12-16-36)33-13-17-39(18-14-33)47-50-44(37-21-25-48-26-22-37)30-45(51-47)38-23-27-49-28-24-38/h2-30,42H,1H2. The van der Waals surface area contributed by atoms with E-state index in [-0.39, 0.29) is 5.92 Å². The first-order chi connectivity index (χ1) is 25.2. The minimum atomic E-state index is 0.0976. The summed E-state index contributed by atoms with van der Waals surface area (Å²) in [5.74, 6) is 0.767. The molecule has 0 bridgehead atoms. The van der Waals surface area contributed by atoms with Crippen LogP contribution in [0.5, 0.6) is 0 Å². The van der Waals surface area contributed by atoms with E-state index in [0.29, 0.717) is 5.82 Å². The molecule has 240 valence electrons. The van der Waals surface area contributed by atoms with Crippen molar-refractivity contribution in [2.45, 2.75) is 5.92 Å². The number of hydrogen-bond acceptors (Lipinski definition) is 4. The summed E-state index contributed by atoms with van der Waals surface area (Å²) in [4.78, 5) is 18.3. The fraction of sp³-hybridized carbons (Fsp3) is 0.0213. The van der Waals surface area contributed by atoms with Crippen molar-refractivity contribution >= 4 is 21.9 Å². The van der Waals surface area contributed by atoms with E-state index in [1.807, 2.05) is 30.3 Å². The topological polar surface area (TPSA) is 51.6 Å². The second-order valence-electron chi connectivity index (χ2n) is 12.8.